The number of hydrogen-bond acceptors (Lipinski definition) is 18. The Balaban J connectivity index is 2.11. The number of phenolic OH excluding ortho intramolecular Hbond substituents is 1. The molecule has 1 unspecified atom stereocenters. The largest absolute Gasteiger partial charge is 0.505 e. The van der Waals surface area contributed by atoms with Gasteiger partial charge in [-0.05, 0) is 42.7 Å². The minimum Gasteiger partial charge on any atom is -0.505 e. The Morgan fingerprint density at radius 1 is 1.05 bits per heavy atom. The van der Waals surface area contributed by atoms with E-state index < -0.39 is 31.8 Å². The maximum Gasteiger partial charge on any atom is 0.296 e. The molecule has 0 bridgehead atoms. The summed E-state index contributed by atoms with van der Waals surface area (Å²) < 4.78 is 69.4. The molecule has 0 aliphatic heterocycles. The van der Waals surface area contributed by atoms with Crippen LogP contribution >= 0.6 is 24.4 Å². The van der Waals surface area contributed by atoms with E-state index in [0.717, 1.165) is 6.07 Å². The Morgan fingerprint density at radius 2 is 1.79 bits per heavy atom. The summed E-state index contributed by atoms with van der Waals surface area (Å²) in [6.45, 7) is 0.133. The third kappa shape index (κ3) is 8.38. The number of aryl methyl sites for hydroxylation is 1. The van der Waals surface area contributed by atoms with Gasteiger partial charge in [0, 0.05) is 12.4 Å². The van der Waals surface area contributed by atoms with Gasteiger partial charge in [-0.3, -0.25) is 8.74 Å². The molecule has 0 radical (unpaired) electrons. The Kier molecular flexibility index (Phi) is 12.5. The first-order valence-corrected chi connectivity index (χ1v) is 14.9. The number of nitrogens with two attached hydrogens (primary N) is 1. The summed E-state index contributed by atoms with van der Waals surface area (Å²) in [5.41, 5.74) is 5.74. The van der Waals surface area contributed by atoms with Crippen LogP contribution in [0.25, 0.3) is 10.8 Å². The first-order chi connectivity index (χ1) is 20.0. The van der Waals surface area contributed by atoms with E-state index in [9.17, 15) is 26.8 Å². The molecule has 0 spiro atoms. The van der Waals surface area contributed by atoms with Crippen molar-refractivity contribution >= 4 is 79.1 Å². The van der Waals surface area contributed by atoms with Gasteiger partial charge in [0.15, 0.2) is 29.2 Å². The average molecular weight is 668 g/mol. The van der Waals surface area contributed by atoms with Gasteiger partial charge in [-0.1, -0.05) is 16.1 Å². The number of fused-ring (bicyclic) bond motifs is 1. The number of nitrogen functional groups attached to an aromatic ring is 1. The van der Waals surface area contributed by atoms with Crippen molar-refractivity contribution in [3.05, 3.63) is 35.9 Å². The molecule has 0 amide bonds. The third-order valence-electron chi connectivity index (χ3n) is 5.23. The molecule has 3 aromatic carbocycles. The van der Waals surface area contributed by atoms with Crippen molar-refractivity contribution in [1.82, 2.24) is 0 Å². The first-order valence-electron chi connectivity index (χ1n) is 11.0. The van der Waals surface area contributed by atoms with Crippen LogP contribution in [0.1, 0.15) is 12.0 Å². The third-order valence-corrected chi connectivity index (χ3v) is 7.82. The summed E-state index contributed by atoms with van der Waals surface area (Å²) in [6.07, 6.45) is 0.685. The first kappa shape index (κ1) is 33.7. The number of nitrogens with zero attached hydrogens (tertiary/aromatic N) is 4. The molecule has 0 aliphatic carbocycles. The fourth-order valence-corrected chi connectivity index (χ4v) is 5.54. The van der Waals surface area contributed by atoms with Gasteiger partial charge >= 0.3 is 0 Å². The van der Waals surface area contributed by atoms with Gasteiger partial charge in [0.1, 0.15) is 22.0 Å². The van der Waals surface area contributed by atoms with Crippen LogP contribution in [-0.4, -0.2) is 51.0 Å². The van der Waals surface area contributed by atoms with E-state index in [0.29, 0.717) is 42.8 Å². The minimum atomic E-state index is -4.81. The van der Waals surface area contributed by atoms with E-state index in [2.05, 4.69) is 39.2 Å². The van der Waals surface area contributed by atoms with Crippen LogP contribution in [-0.2, 0) is 50.5 Å². The normalized spacial score (nSPS) is 13.1. The van der Waals surface area contributed by atoms with Gasteiger partial charge in [-0.2, -0.15) is 18.6 Å². The number of benzene rings is 3. The van der Waals surface area contributed by atoms with Crippen LogP contribution in [0, 0.1) is 0 Å². The molecule has 3 rings (SSSR count). The highest BCUT2D eigenvalue weighted by Crippen LogP contribution is 2.49. The summed E-state index contributed by atoms with van der Waals surface area (Å²) >= 11 is -1.88. The van der Waals surface area contributed by atoms with Crippen LogP contribution in [0.2, 0.25) is 0 Å². The molecule has 0 aliphatic rings. The lowest BCUT2D eigenvalue weighted by Gasteiger charge is -2.14. The Morgan fingerprint density at radius 3 is 2.43 bits per heavy atom. The molecule has 7 N–H and O–H groups in total. The van der Waals surface area contributed by atoms with Crippen LogP contribution in [0.5, 0.6) is 5.75 Å². The molecule has 18 nitrogen and oxygen atoms in total. The maximum atomic E-state index is 12.1. The molecular weight excluding hydrogens is 647 g/mol. The number of anilines is 1. The van der Waals surface area contributed by atoms with Crippen LogP contribution < -0.4 is 5.73 Å². The highest BCUT2D eigenvalue weighted by molar-refractivity contribution is 7.94. The zero-order valence-electron chi connectivity index (χ0n) is 21.0. The van der Waals surface area contributed by atoms with Gasteiger partial charge < -0.3 is 15.4 Å². The van der Waals surface area contributed by atoms with E-state index in [1.165, 1.54) is 31.3 Å². The number of rotatable bonds is 15. The molecule has 0 saturated carbocycles. The van der Waals surface area contributed by atoms with E-state index in [1.54, 1.807) is 0 Å². The number of hydrogen-bond donors (Lipinski definition) is 6. The van der Waals surface area contributed by atoms with Crippen LogP contribution in [0.4, 0.5) is 22.7 Å². The Labute approximate surface area is 247 Å². The molecule has 42 heavy (non-hydrogen) atoms. The monoisotopic (exact) mass is 667 g/mol. The van der Waals surface area contributed by atoms with Crippen molar-refractivity contribution in [2.75, 3.05) is 19.4 Å². The molecular formula is C20H21N5O13S4. The van der Waals surface area contributed by atoms with E-state index in [4.69, 9.17) is 20.4 Å². The smallest absolute Gasteiger partial charge is 0.296 e. The van der Waals surface area contributed by atoms with Gasteiger partial charge in [0.2, 0.25) is 0 Å². The minimum absolute atomic E-state index is 0.0234. The van der Waals surface area contributed by atoms with E-state index in [-0.39, 0.29) is 49.9 Å². The number of aromatic hydroxyl groups is 1. The molecule has 0 fully saturated rings. The topological polar surface area (TPSA) is 274 Å². The molecule has 22 heteroatoms. The van der Waals surface area contributed by atoms with Crippen molar-refractivity contribution in [3.63, 3.8) is 0 Å². The summed E-state index contributed by atoms with van der Waals surface area (Å²) in [7, 11) is -3.48. The van der Waals surface area contributed by atoms with Gasteiger partial charge in [-0.25, -0.2) is 14.7 Å². The van der Waals surface area contributed by atoms with Gasteiger partial charge in [0.25, 0.3) is 10.1 Å². The number of azo groups is 2. The molecule has 0 saturated heterocycles. The zero-order valence-corrected chi connectivity index (χ0v) is 24.3. The number of phenols is 1. The molecule has 1 atom stereocenters. The molecule has 0 aromatic heterocycles. The van der Waals surface area contributed by atoms with Crippen molar-refractivity contribution in [2.45, 2.75) is 27.5 Å². The average Bonchev–Trinajstić information content (AvgIpc) is 2.94. The summed E-state index contributed by atoms with van der Waals surface area (Å²) in [6, 6.07) is 6.32. The maximum absolute atomic E-state index is 12.1. The van der Waals surface area contributed by atoms with E-state index >= 15 is 0 Å². The predicted molar refractivity (Wildman–Crippen MR) is 147 cm³/mol. The van der Waals surface area contributed by atoms with Crippen molar-refractivity contribution < 1.29 is 60.3 Å². The van der Waals surface area contributed by atoms with Crippen molar-refractivity contribution in [1.29, 1.82) is 0 Å². The second-order valence-electron chi connectivity index (χ2n) is 7.69. The highest BCUT2D eigenvalue weighted by Gasteiger charge is 2.23. The van der Waals surface area contributed by atoms with Crippen LogP contribution in [0.3, 0.4) is 0 Å². The summed E-state index contributed by atoms with van der Waals surface area (Å²) in [4.78, 5) is -0.939. The van der Waals surface area contributed by atoms with Crippen molar-refractivity contribution in [2.24, 2.45) is 20.5 Å². The summed E-state index contributed by atoms with van der Waals surface area (Å²) in [5, 5.41) is 49.8. The quantitative estimate of drug-likeness (QED) is 0.0172. The van der Waals surface area contributed by atoms with Gasteiger partial charge in [0.05, 0.1) is 39.5 Å². The second kappa shape index (κ2) is 15.6. The zero-order chi connectivity index (χ0) is 30.9. The Bertz CT molecular complexity index is 1620. The second-order valence-corrected chi connectivity index (χ2v) is 11.3. The lowest BCUT2D eigenvalue weighted by Crippen LogP contribution is -2.00. The molecule has 3 aromatic rings. The highest BCUT2D eigenvalue weighted by atomic mass is 32.2. The van der Waals surface area contributed by atoms with Crippen molar-refractivity contribution in [3.8, 4) is 5.75 Å². The predicted octanol–water partition coefficient (Wildman–Crippen LogP) is 5.45. The lowest BCUT2D eigenvalue weighted by atomic mass is 10.0. The van der Waals surface area contributed by atoms with E-state index in [1.807, 2.05) is 0 Å². The molecule has 228 valence electrons. The Hall–Kier alpha value is -2.84. The lowest BCUT2D eigenvalue weighted by molar-refractivity contribution is -0.434. The fourth-order valence-electron chi connectivity index (χ4n) is 3.56. The molecule has 0 heterocycles. The standard InChI is InChI=1S/C20H21N5O13S4/c1-22-23-13-9-15(41(29)30)11-8-14(39-37-35-27)19(20(26)17(11)18(13)21)25-24-12-5-4-10(7-16(12)42(31,32)33)3-2-6-34-40-38-36-28/h4-5,7-9,26-28H,2-3,6,21H2,1H3,(H,29,30)(H,31,32,33)/b23-22+,25-24+. The van der Waals surface area contributed by atoms with Gasteiger partial charge in [-0.15, -0.1) is 18.9 Å². The SMILES string of the molecule is C/N=N/c1cc(S(=O)O)c2cc(SOOO)c(/N=N/c3ccc(CCCOSOOO)cc3S(=O)(=O)O)c(O)c2c1N. The van der Waals surface area contributed by atoms with Crippen LogP contribution in [0.15, 0.2) is 65.5 Å². The fraction of sp³-hybridized carbons (Fsp3) is 0.200. The summed E-state index contributed by atoms with van der Waals surface area (Å²) in [5.74, 6) is -0.684.